The minimum absolute atomic E-state index is 0.245. The number of nitrogens with two attached hydrogens (primary N) is 1. The van der Waals surface area contributed by atoms with Gasteiger partial charge in [0.1, 0.15) is 5.75 Å². The van der Waals surface area contributed by atoms with Crippen LogP contribution in [0.3, 0.4) is 0 Å². The van der Waals surface area contributed by atoms with Crippen LogP contribution < -0.4 is 16.1 Å². The van der Waals surface area contributed by atoms with E-state index >= 15 is 0 Å². The second-order valence-corrected chi connectivity index (χ2v) is 3.79. The largest absolute Gasteiger partial charge is 0.412 e. The fourth-order valence-electron chi connectivity index (χ4n) is 1.52. The van der Waals surface area contributed by atoms with Gasteiger partial charge in [0.15, 0.2) is 0 Å². The quantitative estimate of drug-likeness (QED) is 0.819. The van der Waals surface area contributed by atoms with E-state index in [9.17, 15) is 4.79 Å². The zero-order chi connectivity index (χ0) is 13.7. The number of hydrogen-bond acceptors (Lipinski definition) is 4. The molecule has 0 aliphatic rings. The van der Waals surface area contributed by atoms with Gasteiger partial charge in [0.25, 0.3) is 5.91 Å². The molecule has 0 unspecified atom stereocenters. The zero-order valence-corrected chi connectivity index (χ0v) is 9.96. The van der Waals surface area contributed by atoms with Crippen LogP contribution in [0.2, 0.25) is 0 Å². The minimum Gasteiger partial charge on any atom is -0.412 e. The Bertz CT molecular complexity index is 613. The molecule has 0 saturated carbocycles. The maximum absolute atomic E-state index is 11.9. The molecular weight excluding hydrogens is 242 g/mol. The average molecular weight is 253 g/mol. The molecule has 3 N–H and O–H groups in total. The molecule has 5 nitrogen and oxygen atoms in total. The number of hydrogen-bond donors (Lipinski definition) is 2. The zero-order valence-electron chi connectivity index (χ0n) is 9.96. The van der Waals surface area contributed by atoms with Crippen molar-refractivity contribution in [1.82, 2.24) is 0 Å². The third-order valence-corrected chi connectivity index (χ3v) is 2.52. The van der Waals surface area contributed by atoms with Gasteiger partial charge in [-0.3, -0.25) is 4.79 Å². The third-order valence-electron chi connectivity index (χ3n) is 2.52. The summed E-state index contributed by atoms with van der Waals surface area (Å²) in [6, 6.07) is 15.1. The molecule has 0 aromatic heterocycles. The van der Waals surface area contributed by atoms with Gasteiger partial charge in [-0.15, -0.1) is 0 Å². The molecular formula is C14H11N3O2. The van der Waals surface area contributed by atoms with Gasteiger partial charge in [-0.25, -0.2) is 0 Å². The minimum atomic E-state index is -0.245. The molecule has 0 bridgehead atoms. The summed E-state index contributed by atoms with van der Waals surface area (Å²) in [7, 11) is 0. The maximum atomic E-state index is 11.9. The summed E-state index contributed by atoms with van der Waals surface area (Å²) in [6.45, 7) is 0. The Kier molecular flexibility index (Phi) is 3.76. The number of carbonyl (C=O) groups excluding carboxylic acids is 1. The van der Waals surface area contributed by atoms with Crippen molar-refractivity contribution in [2.75, 3.05) is 5.32 Å². The van der Waals surface area contributed by atoms with Gasteiger partial charge in [0.05, 0.1) is 11.6 Å². The van der Waals surface area contributed by atoms with Gasteiger partial charge in [-0.2, -0.15) is 11.2 Å². The van der Waals surface area contributed by atoms with Crippen LogP contribution in [0.4, 0.5) is 5.69 Å². The molecule has 94 valence electrons. The maximum Gasteiger partial charge on any atom is 0.255 e. The van der Waals surface area contributed by atoms with E-state index in [1.165, 1.54) is 0 Å². The fraction of sp³-hybridized carbons (Fsp3) is 0. The highest BCUT2D eigenvalue weighted by atomic mass is 16.6. The van der Waals surface area contributed by atoms with E-state index in [0.717, 1.165) is 0 Å². The number of nitrogens with zero attached hydrogens (tertiary/aromatic N) is 1. The Morgan fingerprint density at radius 2 is 1.74 bits per heavy atom. The van der Waals surface area contributed by atoms with E-state index in [2.05, 4.69) is 10.2 Å². The number of anilines is 1. The number of benzene rings is 2. The first kappa shape index (κ1) is 12.6. The molecule has 0 atom stereocenters. The third kappa shape index (κ3) is 3.09. The number of amides is 1. The van der Waals surface area contributed by atoms with Gasteiger partial charge < -0.3 is 10.2 Å². The van der Waals surface area contributed by atoms with Crippen LogP contribution >= 0.6 is 0 Å². The van der Waals surface area contributed by atoms with Crippen LogP contribution in [-0.2, 0) is 0 Å². The Morgan fingerprint density at radius 1 is 1.11 bits per heavy atom. The summed E-state index contributed by atoms with van der Waals surface area (Å²) >= 11 is 0. The molecule has 0 aliphatic heterocycles. The number of nitrogens with one attached hydrogen (secondary N) is 1. The summed E-state index contributed by atoms with van der Waals surface area (Å²) in [5.74, 6) is 5.27. The van der Waals surface area contributed by atoms with Crippen molar-refractivity contribution in [3.05, 3.63) is 59.7 Å². The summed E-state index contributed by atoms with van der Waals surface area (Å²) in [4.78, 5) is 16.5. The molecule has 0 aliphatic carbocycles. The lowest BCUT2D eigenvalue weighted by molar-refractivity contribution is 0.102. The lowest BCUT2D eigenvalue weighted by atomic mass is 10.1. The van der Waals surface area contributed by atoms with Crippen LogP contribution in [0.5, 0.6) is 5.75 Å². The Morgan fingerprint density at radius 3 is 2.26 bits per heavy atom. The molecule has 2 aromatic rings. The highest BCUT2D eigenvalue weighted by molar-refractivity contribution is 6.04. The molecule has 2 rings (SSSR count). The molecule has 2 aromatic carbocycles. The Balaban J connectivity index is 2.09. The molecule has 1 amide bonds. The van der Waals surface area contributed by atoms with Crippen LogP contribution in [0.15, 0.2) is 48.5 Å². The molecule has 0 fully saturated rings. The SMILES string of the molecule is N#Cc1ccc(C(=O)Nc2ccc(ON)cc2)cc1. The molecule has 19 heavy (non-hydrogen) atoms. The lowest BCUT2D eigenvalue weighted by Gasteiger charge is -2.06. The standard InChI is InChI=1S/C14H11N3O2/c15-9-10-1-3-11(4-2-10)14(18)17-12-5-7-13(19-16)8-6-12/h1-8H,16H2,(H,17,18). The smallest absolute Gasteiger partial charge is 0.255 e. The number of rotatable bonds is 3. The van der Waals surface area contributed by atoms with E-state index in [-0.39, 0.29) is 5.91 Å². The van der Waals surface area contributed by atoms with Crippen molar-refractivity contribution in [2.24, 2.45) is 5.90 Å². The van der Waals surface area contributed by atoms with Crippen molar-refractivity contribution in [3.63, 3.8) is 0 Å². The second-order valence-electron chi connectivity index (χ2n) is 3.79. The molecule has 0 radical (unpaired) electrons. The van der Waals surface area contributed by atoms with Gasteiger partial charge in [0, 0.05) is 11.3 Å². The second kappa shape index (κ2) is 5.67. The first-order valence-electron chi connectivity index (χ1n) is 5.51. The number of nitriles is 1. The molecule has 5 heteroatoms. The molecule has 0 heterocycles. The van der Waals surface area contributed by atoms with Gasteiger partial charge >= 0.3 is 0 Å². The summed E-state index contributed by atoms with van der Waals surface area (Å²) < 4.78 is 0. The predicted molar refractivity (Wildman–Crippen MR) is 70.4 cm³/mol. The van der Waals surface area contributed by atoms with Crippen LogP contribution in [0.1, 0.15) is 15.9 Å². The summed E-state index contributed by atoms with van der Waals surface area (Å²) in [6.07, 6.45) is 0. The molecule has 0 saturated heterocycles. The highest BCUT2D eigenvalue weighted by Crippen LogP contribution is 2.15. The predicted octanol–water partition coefficient (Wildman–Crippen LogP) is 2.06. The number of carbonyl (C=O) groups is 1. The van der Waals surface area contributed by atoms with Crippen molar-refractivity contribution >= 4 is 11.6 Å². The van der Waals surface area contributed by atoms with Crippen LogP contribution in [0, 0.1) is 11.3 Å². The van der Waals surface area contributed by atoms with Crippen molar-refractivity contribution in [3.8, 4) is 11.8 Å². The highest BCUT2D eigenvalue weighted by Gasteiger charge is 2.06. The lowest BCUT2D eigenvalue weighted by Crippen LogP contribution is -2.11. The first-order chi connectivity index (χ1) is 9.22. The van der Waals surface area contributed by atoms with Gasteiger partial charge in [-0.1, -0.05) is 0 Å². The summed E-state index contributed by atoms with van der Waals surface area (Å²) in [5.41, 5.74) is 1.63. The van der Waals surface area contributed by atoms with E-state index in [1.807, 2.05) is 6.07 Å². The average Bonchev–Trinajstić information content (AvgIpc) is 2.48. The van der Waals surface area contributed by atoms with E-state index in [0.29, 0.717) is 22.6 Å². The normalized spacial score (nSPS) is 9.47. The first-order valence-corrected chi connectivity index (χ1v) is 5.51. The van der Waals surface area contributed by atoms with Crippen molar-refractivity contribution in [1.29, 1.82) is 5.26 Å². The fourth-order valence-corrected chi connectivity index (χ4v) is 1.52. The molecule has 0 spiro atoms. The monoisotopic (exact) mass is 253 g/mol. The van der Waals surface area contributed by atoms with Gasteiger partial charge in [-0.05, 0) is 48.5 Å². The van der Waals surface area contributed by atoms with Crippen LogP contribution in [0.25, 0.3) is 0 Å². The summed E-state index contributed by atoms with van der Waals surface area (Å²) in [5, 5.41) is 11.4. The van der Waals surface area contributed by atoms with Crippen LogP contribution in [-0.4, -0.2) is 5.91 Å². The van der Waals surface area contributed by atoms with Crippen molar-refractivity contribution in [2.45, 2.75) is 0 Å². The van der Waals surface area contributed by atoms with Gasteiger partial charge in [0.2, 0.25) is 0 Å². The Labute approximate surface area is 110 Å². The topological polar surface area (TPSA) is 88.1 Å². The van der Waals surface area contributed by atoms with Crippen molar-refractivity contribution < 1.29 is 9.63 Å². The van der Waals surface area contributed by atoms with E-state index in [4.69, 9.17) is 11.2 Å². The van der Waals surface area contributed by atoms with E-state index in [1.54, 1.807) is 48.5 Å². The Hall–Kier alpha value is -2.84. The van der Waals surface area contributed by atoms with E-state index < -0.39 is 0 Å².